The highest BCUT2D eigenvalue weighted by atomic mass is 16.5. The number of anilines is 1. The van der Waals surface area contributed by atoms with E-state index in [1.165, 1.54) is 20.1 Å². The SMILES string of the molecule is COc1cc(N)cc(C(=O)NCC(C)(O)CO)c1. The lowest BCUT2D eigenvalue weighted by Crippen LogP contribution is -2.43. The molecule has 1 aromatic rings. The fourth-order valence-electron chi connectivity index (χ4n) is 1.30. The molecule has 0 heterocycles. The van der Waals surface area contributed by atoms with Crippen molar-refractivity contribution in [3.8, 4) is 5.75 Å². The maximum absolute atomic E-state index is 11.8. The summed E-state index contributed by atoms with van der Waals surface area (Å²) in [6.45, 7) is 0.931. The first-order chi connectivity index (χ1) is 8.38. The summed E-state index contributed by atoms with van der Waals surface area (Å²) in [4.78, 5) is 11.8. The molecule has 100 valence electrons. The third kappa shape index (κ3) is 3.90. The number of aliphatic hydroxyl groups excluding tert-OH is 1. The topological polar surface area (TPSA) is 105 Å². The van der Waals surface area contributed by atoms with Crippen LogP contribution in [0.3, 0.4) is 0 Å². The van der Waals surface area contributed by atoms with Gasteiger partial charge in [-0.15, -0.1) is 0 Å². The summed E-state index contributed by atoms with van der Waals surface area (Å²) in [5.41, 5.74) is 5.03. The summed E-state index contributed by atoms with van der Waals surface area (Å²) in [5, 5.41) is 20.9. The molecule has 0 spiro atoms. The van der Waals surface area contributed by atoms with Crippen molar-refractivity contribution in [2.75, 3.05) is 26.0 Å². The number of nitrogen functional groups attached to an aromatic ring is 1. The smallest absolute Gasteiger partial charge is 0.251 e. The van der Waals surface area contributed by atoms with Crippen molar-refractivity contribution in [2.45, 2.75) is 12.5 Å². The fraction of sp³-hybridized carbons (Fsp3) is 0.417. The summed E-state index contributed by atoms with van der Waals surface area (Å²) >= 11 is 0. The Hall–Kier alpha value is -1.79. The molecule has 5 N–H and O–H groups in total. The van der Waals surface area contributed by atoms with Gasteiger partial charge in [-0.1, -0.05) is 0 Å². The van der Waals surface area contributed by atoms with Crippen LogP contribution in [-0.4, -0.2) is 42.0 Å². The predicted molar refractivity (Wildman–Crippen MR) is 67.4 cm³/mol. The number of methoxy groups -OCH3 is 1. The van der Waals surface area contributed by atoms with E-state index in [1.807, 2.05) is 0 Å². The second kappa shape index (κ2) is 5.70. The number of nitrogens with two attached hydrogens (primary N) is 1. The van der Waals surface area contributed by atoms with Crippen molar-refractivity contribution in [1.29, 1.82) is 0 Å². The summed E-state index contributed by atoms with van der Waals surface area (Å²) in [6, 6.07) is 4.64. The largest absolute Gasteiger partial charge is 0.497 e. The van der Waals surface area contributed by atoms with Gasteiger partial charge in [0.15, 0.2) is 0 Å². The number of amides is 1. The van der Waals surface area contributed by atoms with Gasteiger partial charge in [-0.05, 0) is 19.1 Å². The van der Waals surface area contributed by atoms with E-state index in [4.69, 9.17) is 15.6 Å². The van der Waals surface area contributed by atoms with Gasteiger partial charge in [0.05, 0.1) is 13.7 Å². The number of ether oxygens (including phenoxy) is 1. The van der Waals surface area contributed by atoms with Gasteiger partial charge in [0, 0.05) is 23.9 Å². The molecular weight excluding hydrogens is 236 g/mol. The average molecular weight is 254 g/mol. The molecule has 0 aliphatic heterocycles. The Morgan fingerprint density at radius 2 is 2.17 bits per heavy atom. The van der Waals surface area contributed by atoms with E-state index in [1.54, 1.807) is 12.1 Å². The molecule has 1 amide bonds. The molecule has 0 saturated carbocycles. The number of carbonyl (C=O) groups is 1. The highest BCUT2D eigenvalue weighted by molar-refractivity contribution is 5.95. The molecule has 0 fully saturated rings. The molecule has 6 nitrogen and oxygen atoms in total. The van der Waals surface area contributed by atoms with Gasteiger partial charge in [0.2, 0.25) is 0 Å². The lowest BCUT2D eigenvalue weighted by Gasteiger charge is -2.20. The van der Waals surface area contributed by atoms with Crippen molar-refractivity contribution >= 4 is 11.6 Å². The first-order valence-corrected chi connectivity index (χ1v) is 5.44. The molecule has 18 heavy (non-hydrogen) atoms. The fourth-order valence-corrected chi connectivity index (χ4v) is 1.30. The van der Waals surface area contributed by atoms with Crippen LogP contribution in [0.5, 0.6) is 5.75 Å². The molecule has 1 atom stereocenters. The van der Waals surface area contributed by atoms with Crippen molar-refractivity contribution in [2.24, 2.45) is 0 Å². The molecule has 1 rings (SSSR count). The molecule has 0 aliphatic rings. The number of carbonyl (C=O) groups excluding carboxylic acids is 1. The van der Waals surface area contributed by atoms with Crippen LogP contribution in [0.1, 0.15) is 17.3 Å². The molecule has 0 aliphatic carbocycles. The van der Waals surface area contributed by atoms with Crippen molar-refractivity contribution in [1.82, 2.24) is 5.32 Å². The molecule has 1 unspecified atom stereocenters. The minimum absolute atomic E-state index is 0.0561. The Morgan fingerprint density at radius 3 is 2.72 bits per heavy atom. The Kier molecular flexibility index (Phi) is 4.52. The molecule has 1 aromatic carbocycles. The zero-order valence-electron chi connectivity index (χ0n) is 10.4. The molecule has 0 radical (unpaired) electrons. The van der Waals surface area contributed by atoms with E-state index >= 15 is 0 Å². The van der Waals surface area contributed by atoms with Crippen LogP contribution < -0.4 is 15.8 Å². The Labute approximate surface area is 105 Å². The molecule has 0 saturated heterocycles. The van der Waals surface area contributed by atoms with Crippen molar-refractivity contribution in [3.63, 3.8) is 0 Å². The predicted octanol–water partition coefficient (Wildman–Crippen LogP) is -0.250. The molecular formula is C12H18N2O4. The quantitative estimate of drug-likeness (QED) is 0.542. The van der Waals surface area contributed by atoms with Gasteiger partial charge in [-0.25, -0.2) is 0 Å². The van der Waals surface area contributed by atoms with E-state index in [9.17, 15) is 9.90 Å². The lowest BCUT2D eigenvalue weighted by molar-refractivity contribution is 0.00320. The Balaban J connectivity index is 2.75. The van der Waals surface area contributed by atoms with Gasteiger partial charge in [-0.2, -0.15) is 0 Å². The summed E-state index contributed by atoms with van der Waals surface area (Å²) in [6.07, 6.45) is 0. The minimum Gasteiger partial charge on any atom is -0.497 e. The molecule has 6 heteroatoms. The van der Waals surface area contributed by atoms with E-state index < -0.39 is 18.1 Å². The Bertz CT molecular complexity index is 432. The van der Waals surface area contributed by atoms with Crippen LogP contribution in [0.2, 0.25) is 0 Å². The van der Waals surface area contributed by atoms with Crippen molar-refractivity contribution in [3.05, 3.63) is 23.8 Å². The van der Waals surface area contributed by atoms with E-state index in [0.29, 0.717) is 17.0 Å². The average Bonchev–Trinajstić information content (AvgIpc) is 2.35. The number of rotatable bonds is 5. The normalized spacial score (nSPS) is 13.8. The third-order valence-corrected chi connectivity index (χ3v) is 2.40. The van der Waals surface area contributed by atoms with Crippen molar-refractivity contribution < 1.29 is 19.7 Å². The highest BCUT2D eigenvalue weighted by Gasteiger charge is 2.20. The second-order valence-corrected chi connectivity index (χ2v) is 4.33. The van der Waals surface area contributed by atoms with Crippen LogP contribution in [0, 0.1) is 0 Å². The number of hydrogen-bond acceptors (Lipinski definition) is 5. The molecule has 0 aromatic heterocycles. The number of nitrogens with one attached hydrogen (secondary N) is 1. The zero-order chi connectivity index (χ0) is 13.8. The number of benzene rings is 1. The number of hydrogen-bond donors (Lipinski definition) is 4. The van der Waals surface area contributed by atoms with Gasteiger partial charge in [0.25, 0.3) is 5.91 Å². The second-order valence-electron chi connectivity index (χ2n) is 4.33. The van der Waals surface area contributed by atoms with E-state index in [0.717, 1.165) is 0 Å². The van der Waals surface area contributed by atoms with Crippen LogP contribution in [0.4, 0.5) is 5.69 Å². The maximum Gasteiger partial charge on any atom is 0.251 e. The maximum atomic E-state index is 11.8. The number of aliphatic hydroxyl groups is 2. The Morgan fingerprint density at radius 1 is 1.50 bits per heavy atom. The van der Waals surface area contributed by atoms with Crippen LogP contribution in [-0.2, 0) is 0 Å². The first-order valence-electron chi connectivity index (χ1n) is 5.44. The van der Waals surface area contributed by atoms with Crippen LogP contribution in [0.15, 0.2) is 18.2 Å². The van der Waals surface area contributed by atoms with E-state index in [2.05, 4.69) is 5.32 Å². The molecule has 0 bridgehead atoms. The van der Waals surface area contributed by atoms with Gasteiger partial charge < -0.3 is 26.0 Å². The lowest BCUT2D eigenvalue weighted by atomic mass is 10.1. The van der Waals surface area contributed by atoms with E-state index in [-0.39, 0.29) is 6.54 Å². The highest BCUT2D eigenvalue weighted by Crippen LogP contribution is 2.18. The summed E-state index contributed by atoms with van der Waals surface area (Å²) in [7, 11) is 1.48. The van der Waals surface area contributed by atoms with Crippen LogP contribution in [0.25, 0.3) is 0 Å². The standard InChI is InChI=1S/C12H18N2O4/c1-12(17,7-15)6-14-11(16)8-3-9(13)5-10(4-8)18-2/h3-5,15,17H,6-7,13H2,1-2H3,(H,14,16). The summed E-state index contributed by atoms with van der Waals surface area (Å²) < 4.78 is 5.00. The monoisotopic (exact) mass is 254 g/mol. The van der Waals surface area contributed by atoms with Crippen LogP contribution >= 0.6 is 0 Å². The first kappa shape index (κ1) is 14.3. The third-order valence-electron chi connectivity index (χ3n) is 2.40. The summed E-state index contributed by atoms with van der Waals surface area (Å²) in [5.74, 6) is 0.0865. The van der Waals surface area contributed by atoms with Gasteiger partial charge in [-0.3, -0.25) is 4.79 Å². The van der Waals surface area contributed by atoms with Gasteiger partial charge >= 0.3 is 0 Å². The minimum atomic E-state index is -1.35. The van der Waals surface area contributed by atoms with Gasteiger partial charge in [0.1, 0.15) is 11.4 Å². The zero-order valence-corrected chi connectivity index (χ0v) is 10.4.